The Hall–Kier alpha value is -4.49. The third kappa shape index (κ3) is 10.0. The lowest BCUT2D eigenvalue weighted by atomic mass is 10.1. The van der Waals surface area contributed by atoms with E-state index in [1.807, 2.05) is 27.8 Å². The van der Waals surface area contributed by atoms with Crippen LogP contribution >= 0.6 is 0 Å². The number of hydrogen-bond donors (Lipinski definition) is 1. The second-order valence-electron chi connectivity index (χ2n) is 14.3. The Morgan fingerprint density at radius 2 is 1.70 bits per heavy atom. The minimum atomic E-state index is -4.80. The molecular weight excluding hydrogens is 657 g/mol. The molecule has 50 heavy (non-hydrogen) atoms. The fourth-order valence-electron chi connectivity index (χ4n) is 5.45. The third-order valence-corrected chi connectivity index (χ3v) is 7.92. The predicted octanol–water partition coefficient (Wildman–Crippen LogP) is 6.99. The quantitative estimate of drug-likeness (QED) is 0.174. The minimum Gasteiger partial charge on any atom is -0.444 e. The number of hydrogen-bond acceptors (Lipinski definition) is 10. The van der Waals surface area contributed by atoms with Crippen molar-refractivity contribution in [3.8, 4) is 11.3 Å². The highest BCUT2D eigenvalue weighted by molar-refractivity contribution is 5.99. The number of rotatable bonds is 10. The lowest BCUT2D eigenvalue weighted by molar-refractivity contribution is -0.137. The summed E-state index contributed by atoms with van der Waals surface area (Å²) in [7, 11) is 3.65. The Morgan fingerprint density at radius 1 is 1.02 bits per heavy atom. The number of nitrogens with zero attached hydrogens (tertiary/aromatic N) is 7. The molecule has 0 saturated heterocycles. The molecule has 0 unspecified atom stereocenters. The van der Waals surface area contributed by atoms with Crippen molar-refractivity contribution in [3.05, 3.63) is 41.5 Å². The van der Waals surface area contributed by atoms with Crippen LogP contribution in [0.1, 0.15) is 66.4 Å². The van der Waals surface area contributed by atoms with Crippen molar-refractivity contribution in [2.24, 2.45) is 0 Å². The maximum absolute atomic E-state index is 14.3. The molecule has 16 heteroatoms. The lowest BCUT2D eigenvalue weighted by Gasteiger charge is -2.25. The smallest absolute Gasteiger partial charge is 0.421 e. The largest absolute Gasteiger partial charge is 0.444 e. The summed E-state index contributed by atoms with van der Waals surface area (Å²) < 4.78 is 60.5. The zero-order valence-electron chi connectivity index (χ0n) is 29.7. The number of nitrogens with one attached hydrogen (secondary N) is 1. The van der Waals surface area contributed by atoms with Crippen molar-refractivity contribution in [3.63, 3.8) is 0 Å². The molecule has 0 bridgehead atoms. The van der Waals surface area contributed by atoms with Crippen molar-refractivity contribution >= 4 is 35.0 Å². The summed E-state index contributed by atoms with van der Waals surface area (Å²) in [6.07, 6.45) is -1.82. The molecule has 1 amide bonds. The summed E-state index contributed by atoms with van der Waals surface area (Å²) in [4.78, 5) is 44.7. The van der Waals surface area contributed by atoms with Crippen LogP contribution in [0, 0.1) is 6.57 Å². The van der Waals surface area contributed by atoms with Gasteiger partial charge in [-0.15, -0.1) is 4.98 Å². The number of likely N-dealkylation sites (N-methyl/N-ethyl adjacent to an activating group) is 2. The summed E-state index contributed by atoms with van der Waals surface area (Å²) in [6.45, 7) is 19.6. The fraction of sp³-hybridized carbons (Fsp3) is 0.588. The van der Waals surface area contributed by atoms with Crippen LogP contribution in [0.2, 0.25) is 0 Å². The van der Waals surface area contributed by atoms with Crippen LogP contribution in [0.3, 0.4) is 0 Å². The first kappa shape index (κ1) is 38.3. The molecule has 1 N–H and O–H groups in total. The van der Waals surface area contributed by atoms with Gasteiger partial charge >= 0.3 is 18.4 Å². The number of amides is 1. The van der Waals surface area contributed by atoms with Gasteiger partial charge in [0.1, 0.15) is 16.8 Å². The van der Waals surface area contributed by atoms with Crippen LogP contribution < -0.4 is 5.32 Å². The van der Waals surface area contributed by atoms with Gasteiger partial charge in [0.2, 0.25) is 11.6 Å². The second kappa shape index (κ2) is 15.2. The van der Waals surface area contributed by atoms with Crippen LogP contribution in [0.25, 0.3) is 27.1 Å². The van der Waals surface area contributed by atoms with Gasteiger partial charge in [-0.2, -0.15) is 13.2 Å². The van der Waals surface area contributed by atoms with E-state index in [-0.39, 0.29) is 40.4 Å². The number of carbonyl (C=O) groups is 2. The summed E-state index contributed by atoms with van der Waals surface area (Å²) in [5, 5.41) is 3.40. The molecule has 2 atom stereocenters. The molecule has 272 valence electrons. The van der Waals surface area contributed by atoms with E-state index in [1.165, 1.54) is 23.2 Å². The molecule has 3 aromatic heterocycles. The summed E-state index contributed by atoms with van der Waals surface area (Å²) in [6, 6.07) is 2.92. The van der Waals surface area contributed by atoms with Gasteiger partial charge in [0.15, 0.2) is 0 Å². The maximum Gasteiger partial charge on any atom is 0.421 e. The van der Waals surface area contributed by atoms with E-state index in [2.05, 4.69) is 30.0 Å². The maximum atomic E-state index is 14.3. The molecule has 4 rings (SSSR count). The molecule has 1 saturated carbocycles. The Kier molecular flexibility index (Phi) is 11.6. The number of carbonyl (C=O) groups excluding carboxylic acids is 2. The van der Waals surface area contributed by atoms with E-state index in [1.54, 1.807) is 27.8 Å². The van der Waals surface area contributed by atoms with Gasteiger partial charge in [-0.25, -0.2) is 24.1 Å². The first-order valence-corrected chi connectivity index (χ1v) is 16.3. The molecule has 0 radical (unpaired) electrons. The first-order valence-electron chi connectivity index (χ1n) is 16.3. The summed E-state index contributed by atoms with van der Waals surface area (Å²) >= 11 is 0. The molecule has 0 spiro atoms. The van der Waals surface area contributed by atoms with E-state index < -0.39 is 40.8 Å². The fourth-order valence-corrected chi connectivity index (χ4v) is 5.45. The number of halogens is 3. The highest BCUT2D eigenvalue weighted by Crippen LogP contribution is 2.40. The standard InChI is InChI=1S/C34H45F3N8O5/c1-32(2,3)49-30(46)44(9)15-17-48-16-14-43(8)22-11-10-21(18-22)40-29-39-19-25(34(35,36)37)27(42-29)24-20-45(31(47)50-33(4,5)6)28-23(24)12-13-26(38-7)41-28/h12-13,19-22H,10-11,14-18H2,1-6,8-9H3,(H,39,40,42)/t21-,22-/m0/s1. The van der Waals surface area contributed by atoms with Crippen LogP contribution in [0.15, 0.2) is 24.5 Å². The molecule has 3 heterocycles. The van der Waals surface area contributed by atoms with E-state index in [9.17, 15) is 22.8 Å². The minimum absolute atomic E-state index is 0.00557. The monoisotopic (exact) mass is 702 g/mol. The van der Waals surface area contributed by atoms with Gasteiger partial charge in [0.05, 0.1) is 24.3 Å². The number of anilines is 1. The van der Waals surface area contributed by atoms with Gasteiger partial charge in [-0.05, 0) is 73.9 Å². The van der Waals surface area contributed by atoms with E-state index in [0.717, 1.165) is 23.6 Å². The first-order chi connectivity index (χ1) is 23.3. The second-order valence-corrected chi connectivity index (χ2v) is 14.3. The van der Waals surface area contributed by atoms with Gasteiger partial charge < -0.3 is 34.2 Å². The molecule has 1 aliphatic rings. The van der Waals surface area contributed by atoms with Gasteiger partial charge in [-0.1, -0.05) is 12.6 Å². The van der Waals surface area contributed by atoms with Crippen LogP contribution in [0.5, 0.6) is 0 Å². The third-order valence-electron chi connectivity index (χ3n) is 7.92. The normalized spacial score (nSPS) is 16.8. The summed E-state index contributed by atoms with van der Waals surface area (Å²) in [5.41, 5.74) is -3.01. The van der Waals surface area contributed by atoms with Crippen LogP contribution in [0.4, 0.5) is 34.5 Å². The highest BCUT2D eigenvalue weighted by Gasteiger charge is 2.38. The molecule has 0 aromatic carbocycles. The topological polar surface area (TPSA) is 128 Å². The van der Waals surface area contributed by atoms with Crippen molar-refractivity contribution < 1.29 is 37.0 Å². The number of aromatic nitrogens is 4. The highest BCUT2D eigenvalue weighted by atomic mass is 19.4. The van der Waals surface area contributed by atoms with E-state index in [0.29, 0.717) is 32.7 Å². The van der Waals surface area contributed by atoms with Crippen LogP contribution in [-0.4, -0.2) is 105 Å². The van der Waals surface area contributed by atoms with E-state index >= 15 is 0 Å². The van der Waals surface area contributed by atoms with Crippen molar-refractivity contribution in [2.45, 2.75) is 90.3 Å². The van der Waals surface area contributed by atoms with Gasteiger partial charge in [0.25, 0.3) is 5.82 Å². The number of pyridine rings is 1. The molecule has 0 aliphatic heterocycles. The average Bonchev–Trinajstić information content (AvgIpc) is 3.63. The zero-order valence-corrected chi connectivity index (χ0v) is 29.7. The zero-order chi connectivity index (χ0) is 37.0. The Labute approximate surface area is 289 Å². The SMILES string of the molecule is [C-]#[N+]c1ccc2c(-c3nc(N[C@H]4CC[C@H](N(C)CCOCCN(C)C(=O)OC(C)(C)C)C4)ncc3C(F)(F)F)cn(C(=O)OC(C)(C)C)c2n1. The van der Waals surface area contributed by atoms with E-state index in [4.69, 9.17) is 20.8 Å². The van der Waals surface area contributed by atoms with Crippen molar-refractivity contribution in [1.82, 2.24) is 29.3 Å². The number of ether oxygens (including phenoxy) is 3. The lowest BCUT2D eigenvalue weighted by Crippen LogP contribution is -2.37. The van der Waals surface area contributed by atoms with Gasteiger partial charge in [0, 0.05) is 50.2 Å². The summed E-state index contributed by atoms with van der Waals surface area (Å²) in [5.74, 6) is -0.0196. The van der Waals surface area contributed by atoms with Gasteiger partial charge in [-0.3, -0.25) is 0 Å². The Balaban J connectivity index is 1.45. The van der Waals surface area contributed by atoms with Crippen LogP contribution in [-0.2, 0) is 20.4 Å². The van der Waals surface area contributed by atoms with Crippen molar-refractivity contribution in [1.29, 1.82) is 0 Å². The Morgan fingerprint density at radius 3 is 2.34 bits per heavy atom. The molecule has 1 fully saturated rings. The number of fused-ring (bicyclic) bond motifs is 1. The average molecular weight is 703 g/mol. The molecule has 13 nitrogen and oxygen atoms in total. The number of alkyl halides is 3. The molecule has 3 aromatic rings. The molecule has 1 aliphatic carbocycles. The van der Waals surface area contributed by atoms with Crippen molar-refractivity contribution in [2.75, 3.05) is 45.7 Å². The molecular formula is C34H45F3N8O5. The predicted molar refractivity (Wildman–Crippen MR) is 181 cm³/mol. The Bertz CT molecular complexity index is 1720.